The number of benzene rings is 2. The van der Waals surface area contributed by atoms with Gasteiger partial charge in [-0.3, -0.25) is 0 Å². The number of aryl methyl sites for hydroxylation is 2. The molecule has 2 heteroatoms. The Morgan fingerprint density at radius 2 is 1.61 bits per heavy atom. The van der Waals surface area contributed by atoms with Crippen LogP contribution in [0.5, 0.6) is 5.75 Å². The summed E-state index contributed by atoms with van der Waals surface area (Å²) in [6, 6.07) is 14.2. The first-order valence-corrected chi connectivity index (χ1v) is 6.09. The van der Waals surface area contributed by atoms with Gasteiger partial charge in [0.05, 0.1) is 13.2 Å². The van der Waals surface area contributed by atoms with Crippen molar-refractivity contribution in [2.75, 3.05) is 7.11 Å². The summed E-state index contributed by atoms with van der Waals surface area (Å²) in [6.07, 6.45) is 0. The molecule has 0 amide bonds. The van der Waals surface area contributed by atoms with Crippen LogP contribution in [-0.2, 0) is 0 Å². The fourth-order valence-corrected chi connectivity index (χ4v) is 2.23. The first kappa shape index (κ1) is 12.7. The molecule has 1 atom stereocenters. The summed E-state index contributed by atoms with van der Waals surface area (Å²) >= 11 is 0. The molecule has 2 rings (SSSR count). The van der Waals surface area contributed by atoms with Crippen molar-refractivity contribution in [3.8, 4) is 5.75 Å². The molecule has 0 fully saturated rings. The highest BCUT2D eigenvalue weighted by molar-refractivity contribution is 5.42. The van der Waals surface area contributed by atoms with Crippen molar-refractivity contribution < 1.29 is 4.74 Å². The van der Waals surface area contributed by atoms with Gasteiger partial charge in [0, 0.05) is 0 Å². The zero-order chi connectivity index (χ0) is 13.1. The van der Waals surface area contributed by atoms with Crippen molar-refractivity contribution >= 4 is 0 Å². The standard InChI is InChI=1S/C16H19NO/c1-11-6-4-5-7-14(11)16(17)15-9-8-13(18-3)10-12(15)2/h4-10,16H,17H2,1-3H3. The summed E-state index contributed by atoms with van der Waals surface area (Å²) in [5.41, 5.74) is 11.1. The molecule has 2 N–H and O–H groups in total. The number of hydrogen-bond acceptors (Lipinski definition) is 2. The van der Waals surface area contributed by atoms with Crippen molar-refractivity contribution in [2.24, 2.45) is 5.73 Å². The van der Waals surface area contributed by atoms with Crippen LogP contribution in [0, 0.1) is 13.8 Å². The van der Waals surface area contributed by atoms with E-state index in [1.807, 2.05) is 30.3 Å². The van der Waals surface area contributed by atoms with Gasteiger partial charge in [-0.2, -0.15) is 0 Å². The van der Waals surface area contributed by atoms with Gasteiger partial charge in [0.2, 0.25) is 0 Å². The SMILES string of the molecule is COc1ccc(C(N)c2ccccc2C)c(C)c1. The number of rotatable bonds is 3. The third-order valence-corrected chi connectivity index (χ3v) is 3.34. The topological polar surface area (TPSA) is 35.2 Å². The van der Waals surface area contributed by atoms with Crippen LogP contribution in [0.3, 0.4) is 0 Å². The van der Waals surface area contributed by atoms with E-state index < -0.39 is 0 Å². The molecule has 2 nitrogen and oxygen atoms in total. The van der Waals surface area contributed by atoms with E-state index in [0.29, 0.717) is 0 Å². The molecule has 94 valence electrons. The molecular weight excluding hydrogens is 222 g/mol. The molecule has 0 aliphatic carbocycles. The molecule has 1 unspecified atom stereocenters. The maximum Gasteiger partial charge on any atom is 0.119 e. The van der Waals surface area contributed by atoms with Crippen molar-refractivity contribution in [3.63, 3.8) is 0 Å². The first-order valence-electron chi connectivity index (χ1n) is 6.09. The van der Waals surface area contributed by atoms with Gasteiger partial charge in [0.1, 0.15) is 5.75 Å². The van der Waals surface area contributed by atoms with Crippen LogP contribution in [0.25, 0.3) is 0 Å². The molecule has 0 aliphatic rings. The van der Waals surface area contributed by atoms with Gasteiger partial charge < -0.3 is 10.5 Å². The summed E-state index contributed by atoms with van der Waals surface area (Å²) in [7, 11) is 1.68. The van der Waals surface area contributed by atoms with Crippen LogP contribution in [0.15, 0.2) is 42.5 Å². The first-order chi connectivity index (χ1) is 8.63. The lowest BCUT2D eigenvalue weighted by Crippen LogP contribution is -2.14. The lowest BCUT2D eigenvalue weighted by atomic mass is 9.93. The summed E-state index contributed by atoms with van der Waals surface area (Å²) in [4.78, 5) is 0. The largest absolute Gasteiger partial charge is 0.497 e. The highest BCUT2D eigenvalue weighted by atomic mass is 16.5. The summed E-state index contributed by atoms with van der Waals surface area (Å²) in [5, 5.41) is 0. The molecule has 2 aromatic rings. The third-order valence-electron chi connectivity index (χ3n) is 3.34. The molecule has 0 heterocycles. The van der Waals surface area contributed by atoms with Gasteiger partial charge in [-0.15, -0.1) is 0 Å². The van der Waals surface area contributed by atoms with Gasteiger partial charge in [-0.05, 0) is 48.2 Å². The Morgan fingerprint density at radius 1 is 0.944 bits per heavy atom. The average Bonchev–Trinajstić information content (AvgIpc) is 2.38. The molecular formula is C16H19NO. The minimum atomic E-state index is -0.0860. The minimum absolute atomic E-state index is 0.0860. The van der Waals surface area contributed by atoms with E-state index in [1.54, 1.807) is 7.11 Å². The second-order valence-corrected chi connectivity index (χ2v) is 4.56. The number of ether oxygens (including phenoxy) is 1. The van der Waals surface area contributed by atoms with Crippen LogP contribution in [-0.4, -0.2) is 7.11 Å². The molecule has 0 aromatic heterocycles. The molecule has 0 bridgehead atoms. The predicted molar refractivity (Wildman–Crippen MR) is 74.9 cm³/mol. The Bertz CT molecular complexity index is 549. The van der Waals surface area contributed by atoms with Crippen molar-refractivity contribution in [2.45, 2.75) is 19.9 Å². The Hall–Kier alpha value is -1.80. The molecule has 18 heavy (non-hydrogen) atoms. The van der Waals surface area contributed by atoms with Crippen LogP contribution >= 0.6 is 0 Å². The van der Waals surface area contributed by atoms with Crippen LogP contribution in [0.2, 0.25) is 0 Å². The van der Waals surface area contributed by atoms with E-state index in [-0.39, 0.29) is 6.04 Å². The number of nitrogens with two attached hydrogens (primary N) is 1. The van der Waals surface area contributed by atoms with E-state index >= 15 is 0 Å². The lowest BCUT2D eigenvalue weighted by molar-refractivity contribution is 0.414. The van der Waals surface area contributed by atoms with Crippen LogP contribution in [0.1, 0.15) is 28.3 Å². The zero-order valence-corrected chi connectivity index (χ0v) is 11.1. The van der Waals surface area contributed by atoms with E-state index in [1.165, 1.54) is 11.1 Å². The average molecular weight is 241 g/mol. The third kappa shape index (κ3) is 2.39. The minimum Gasteiger partial charge on any atom is -0.497 e. The van der Waals surface area contributed by atoms with Gasteiger partial charge in [-0.1, -0.05) is 30.3 Å². The lowest BCUT2D eigenvalue weighted by Gasteiger charge is -2.18. The van der Waals surface area contributed by atoms with Crippen LogP contribution < -0.4 is 10.5 Å². The van der Waals surface area contributed by atoms with E-state index in [4.69, 9.17) is 10.5 Å². The Labute approximate surface area is 108 Å². The fraction of sp³-hybridized carbons (Fsp3) is 0.250. The Kier molecular flexibility index (Phi) is 3.68. The Morgan fingerprint density at radius 3 is 2.22 bits per heavy atom. The molecule has 2 aromatic carbocycles. The zero-order valence-electron chi connectivity index (χ0n) is 11.1. The van der Waals surface area contributed by atoms with E-state index in [2.05, 4.69) is 26.0 Å². The highest BCUT2D eigenvalue weighted by Gasteiger charge is 2.13. The maximum atomic E-state index is 6.37. The maximum absolute atomic E-state index is 6.37. The van der Waals surface area contributed by atoms with Crippen molar-refractivity contribution in [3.05, 3.63) is 64.7 Å². The molecule has 0 spiro atoms. The van der Waals surface area contributed by atoms with E-state index in [9.17, 15) is 0 Å². The number of methoxy groups -OCH3 is 1. The van der Waals surface area contributed by atoms with E-state index in [0.717, 1.165) is 16.9 Å². The molecule has 0 saturated carbocycles. The van der Waals surface area contributed by atoms with Crippen molar-refractivity contribution in [1.82, 2.24) is 0 Å². The van der Waals surface area contributed by atoms with Gasteiger partial charge in [0.15, 0.2) is 0 Å². The second-order valence-electron chi connectivity index (χ2n) is 4.56. The normalized spacial score (nSPS) is 12.2. The molecule has 0 aliphatic heterocycles. The monoisotopic (exact) mass is 241 g/mol. The van der Waals surface area contributed by atoms with Crippen molar-refractivity contribution in [1.29, 1.82) is 0 Å². The Balaban J connectivity index is 2.40. The van der Waals surface area contributed by atoms with Gasteiger partial charge in [0.25, 0.3) is 0 Å². The summed E-state index contributed by atoms with van der Waals surface area (Å²) in [6.45, 7) is 4.16. The highest BCUT2D eigenvalue weighted by Crippen LogP contribution is 2.27. The number of hydrogen-bond donors (Lipinski definition) is 1. The predicted octanol–water partition coefficient (Wildman–Crippen LogP) is 3.36. The van der Waals surface area contributed by atoms with Gasteiger partial charge >= 0.3 is 0 Å². The smallest absolute Gasteiger partial charge is 0.119 e. The fourth-order valence-electron chi connectivity index (χ4n) is 2.23. The van der Waals surface area contributed by atoms with Crippen LogP contribution in [0.4, 0.5) is 0 Å². The molecule has 0 saturated heterocycles. The second kappa shape index (κ2) is 5.23. The quantitative estimate of drug-likeness (QED) is 0.894. The molecule has 0 radical (unpaired) electrons. The summed E-state index contributed by atoms with van der Waals surface area (Å²) in [5.74, 6) is 0.869. The summed E-state index contributed by atoms with van der Waals surface area (Å²) < 4.78 is 5.22. The van der Waals surface area contributed by atoms with Gasteiger partial charge in [-0.25, -0.2) is 0 Å².